The first-order valence-electron chi connectivity index (χ1n) is 6.89. The van der Waals surface area contributed by atoms with Gasteiger partial charge in [0.15, 0.2) is 23.9 Å². The summed E-state index contributed by atoms with van der Waals surface area (Å²) in [6.07, 6.45) is 3.68. The molecular formula is C17H18BrNO4. The van der Waals surface area contributed by atoms with Crippen molar-refractivity contribution in [2.24, 2.45) is 0 Å². The topological polar surface area (TPSA) is 56.5 Å². The summed E-state index contributed by atoms with van der Waals surface area (Å²) in [5.74, 6) is 0.160. The van der Waals surface area contributed by atoms with Gasteiger partial charge in [-0.25, -0.2) is 0 Å². The summed E-state index contributed by atoms with van der Waals surface area (Å²) in [6.45, 7) is 3.14. The third-order valence-corrected chi connectivity index (χ3v) is 3.27. The maximum atomic E-state index is 12.6. The van der Waals surface area contributed by atoms with E-state index in [9.17, 15) is 9.59 Å². The van der Waals surface area contributed by atoms with Crippen LogP contribution in [0.15, 0.2) is 48.8 Å². The van der Waals surface area contributed by atoms with Gasteiger partial charge in [0, 0.05) is 31.5 Å². The van der Waals surface area contributed by atoms with Crippen molar-refractivity contribution >= 4 is 11.8 Å². The van der Waals surface area contributed by atoms with Crippen molar-refractivity contribution in [3.8, 4) is 11.5 Å². The number of aromatic nitrogens is 1. The molecule has 0 fully saturated rings. The average Bonchev–Trinajstić information content (AvgIpc) is 2.54. The summed E-state index contributed by atoms with van der Waals surface area (Å²) in [4.78, 5) is 23.6. The lowest BCUT2D eigenvalue weighted by atomic mass is 10.0. The molecule has 1 heterocycles. The molecule has 6 heteroatoms. The zero-order valence-electron chi connectivity index (χ0n) is 13.2. The number of halogens is 1. The highest BCUT2D eigenvalue weighted by Crippen LogP contribution is 2.29. The molecule has 1 aromatic heterocycles. The summed E-state index contributed by atoms with van der Waals surface area (Å²) < 4.78 is 12.1. The Kier molecular flexibility index (Phi) is 6.90. The van der Waals surface area contributed by atoms with Gasteiger partial charge in [-0.3, -0.25) is 9.59 Å². The number of Topliss-reactive ketones (excluding diaryl/α,β-unsaturated/α-hetero) is 1. The highest BCUT2D eigenvalue weighted by molar-refractivity contribution is 5.98. The first-order valence-corrected chi connectivity index (χ1v) is 6.89. The molecule has 0 N–H and O–H groups in total. The summed E-state index contributed by atoms with van der Waals surface area (Å²) in [5, 5.41) is 0. The molecule has 23 heavy (non-hydrogen) atoms. The van der Waals surface area contributed by atoms with Gasteiger partial charge < -0.3 is 26.5 Å². The molecule has 0 spiro atoms. The van der Waals surface area contributed by atoms with E-state index < -0.39 is 5.97 Å². The van der Waals surface area contributed by atoms with Crippen molar-refractivity contribution in [3.63, 3.8) is 0 Å². The second-order valence-electron chi connectivity index (χ2n) is 4.82. The van der Waals surface area contributed by atoms with Crippen molar-refractivity contribution in [2.75, 3.05) is 7.11 Å². The molecule has 1 atom stereocenters. The van der Waals surface area contributed by atoms with E-state index in [-0.39, 0.29) is 28.8 Å². The highest BCUT2D eigenvalue weighted by Gasteiger charge is 2.24. The summed E-state index contributed by atoms with van der Waals surface area (Å²) in [7, 11) is 1.46. The lowest BCUT2D eigenvalue weighted by Crippen LogP contribution is -3.00. The number of pyridine rings is 1. The summed E-state index contributed by atoms with van der Waals surface area (Å²) in [6, 6.07) is 10.1. The molecule has 0 amide bonds. The largest absolute Gasteiger partial charge is 1.00 e. The van der Waals surface area contributed by atoms with Crippen LogP contribution in [0.5, 0.6) is 11.5 Å². The quantitative estimate of drug-likeness (QED) is 0.300. The van der Waals surface area contributed by atoms with Crippen LogP contribution >= 0.6 is 0 Å². The molecule has 0 aliphatic carbocycles. The maximum Gasteiger partial charge on any atom is 0.308 e. The van der Waals surface area contributed by atoms with Crippen LogP contribution in [0, 0.1) is 0 Å². The number of ketones is 1. The standard InChI is InChI=1S/C17H18NO4.BrH/c1-12(18-9-5-4-6-10-18)17(20)14-7-8-15(22-13(2)19)16(11-14)21-3;/h4-12H,1-3H3;1H/q+1;/p-1. The van der Waals surface area contributed by atoms with Gasteiger partial charge in [0.1, 0.15) is 0 Å². The lowest BCUT2D eigenvalue weighted by Gasteiger charge is -2.11. The Morgan fingerprint density at radius 2 is 1.74 bits per heavy atom. The Balaban J connectivity index is 0.00000264. The SMILES string of the molecule is COc1cc(C(=O)C(C)[n+]2ccccc2)ccc1OC(C)=O.[Br-]. The van der Waals surface area contributed by atoms with Crippen molar-refractivity contribution < 1.29 is 40.6 Å². The lowest BCUT2D eigenvalue weighted by molar-refractivity contribution is -0.704. The van der Waals surface area contributed by atoms with E-state index in [1.54, 1.807) is 18.2 Å². The van der Waals surface area contributed by atoms with Crippen molar-refractivity contribution in [2.45, 2.75) is 19.9 Å². The molecule has 5 nitrogen and oxygen atoms in total. The van der Waals surface area contributed by atoms with Crippen LogP contribution in [0.2, 0.25) is 0 Å². The fourth-order valence-electron chi connectivity index (χ4n) is 2.11. The third-order valence-electron chi connectivity index (χ3n) is 3.27. The van der Waals surface area contributed by atoms with E-state index in [0.717, 1.165) is 0 Å². The monoisotopic (exact) mass is 379 g/mol. The average molecular weight is 380 g/mol. The van der Waals surface area contributed by atoms with E-state index in [1.165, 1.54) is 14.0 Å². The molecule has 0 aliphatic heterocycles. The zero-order chi connectivity index (χ0) is 16.1. The Morgan fingerprint density at radius 1 is 1.09 bits per heavy atom. The molecule has 122 valence electrons. The highest BCUT2D eigenvalue weighted by atomic mass is 79.9. The fourth-order valence-corrected chi connectivity index (χ4v) is 2.11. The van der Waals surface area contributed by atoms with Crippen molar-refractivity contribution in [1.29, 1.82) is 0 Å². The van der Waals surface area contributed by atoms with Gasteiger partial charge in [-0.2, -0.15) is 4.57 Å². The van der Waals surface area contributed by atoms with Gasteiger partial charge in [0.2, 0.25) is 11.8 Å². The van der Waals surface area contributed by atoms with Gasteiger partial charge in [-0.05, 0) is 18.2 Å². The van der Waals surface area contributed by atoms with Crippen LogP contribution in [0.4, 0.5) is 0 Å². The third kappa shape index (κ3) is 4.63. The molecule has 2 aromatic rings. The minimum atomic E-state index is -0.439. The van der Waals surface area contributed by atoms with Gasteiger partial charge in [0.05, 0.1) is 7.11 Å². The Morgan fingerprint density at radius 3 is 2.30 bits per heavy atom. The zero-order valence-corrected chi connectivity index (χ0v) is 14.7. The Bertz CT molecular complexity index is 688. The van der Waals surface area contributed by atoms with E-state index in [4.69, 9.17) is 9.47 Å². The van der Waals surface area contributed by atoms with Crippen LogP contribution in [0.25, 0.3) is 0 Å². The van der Waals surface area contributed by atoms with Crippen LogP contribution in [0.1, 0.15) is 30.2 Å². The normalized spacial score (nSPS) is 11.1. The summed E-state index contributed by atoms with van der Waals surface area (Å²) in [5.41, 5.74) is 0.497. The van der Waals surface area contributed by atoms with Gasteiger partial charge in [0.25, 0.3) is 0 Å². The van der Waals surface area contributed by atoms with Crippen molar-refractivity contribution in [3.05, 3.63) is 54.4 Å². The van der Waals surface area contributed by atoms with Crippen LogP contribution in [0.3, 0.4) is 0 Å². The first-order chi connectivity index (χ1) is 10.5. The minimum absolute atomic E-state index is 0. The van der Waals surface area contributed by atoms with E-state index in [1.807, 2.05) is 42.1 Å². The number of rotatable bonds is 5. The van der Waals surface area contributed by atoms with Gasteiger partial charge in [-0.15, -0.1) is 0 Å². The molecule has 1 unspecified atom stereocenters. The predicted molar refractivity (Wildman–Crippen MR) is 80.0 cm³/mol. The summed E-state index contributed by atoms with van der Waals surface area (Å²) >= 11 is 0. The smallest absolute Gasteiger partial charge is 0.308 e. The van der Waals surface area contributed by atoms with Crippen molar-refractivity contribution in [1.82, 2.24) is 0 Å². The second kappa shape index (κ2) is 8.43. The fraction of sp³-hybridized carbons (Fsp3) is 0.235. The van der Waals surface area contributed by atoms with Crippen LogP contribution in [-0.4, -0.2) is 18.9 Å². The number of hydrogen-bond donors (Lipinski definition) is 0. The second-order valence-corrected chi connectivity index (χ2v) is 4.82. The van der Waals surface area contributed by atoms with E-state index >= 15 is 0 Å². The number of hydrogen-bond acceptors (Lipinski definition) is 4. The maximum absolute atomic E-state index is 12.6. The molecule has 0 saturated heterocycles. The Hall–Kier alpha value is -2.21. The number of benzene rings is 1. The minimum Gasteiger partial charge on any atom is -1.00 e. The number of methoxy groups -OCH3 is 1. The number of nitrogens with zero attached hydrogens (tertiary/aromatic N) is 1. The molecule has 0 radical (unpaired) electrons. The van der Waals surface area contributed by atoms with E-state index in [2.05, 4.69) is 0 Å². The number of carbonyl (C=O) groups excluding carboxylic acids is 2. The number of ether oxygens (including phenoxy) is 2. The van der Waals surface area contributed by atoms with Crippen LogP contribution in [-0.2, 0) is 4.79 Å². The molecule has 2 rings (SSSR count). The van der Waals surface area contributed by atoms with Crippen LogP contribution < -0.4 is 31.0 Å². The van der Waals surface area contributed by atoms with Gasteiger partial charge >= 0.3 is 5.97 Å². The molecule has 0 aliphatic rings. The first kappa shape index (κ1) is 18.8. The number of carbonyl (C=O) groups is 2. The molecule has 1 aromatic carbocycles. The predicted octanol–water partition coefficient (Wildman–Crippen LogP) is -0.644. The molecule has 0 saturated carbocycles. The van der Waals surface area contributed by atoms with E-state index in [0.29, 0.717) is 17.1 Å². The number of esters is 1. The van der Waals surface area contributed by atoms with Gasteiger partial charge in [-0.1, -0.05) is 6.07 Å². The Labute approximate surface area is 145 Å². The molecule has 0 bridgehead atoms. The molecular weight excluding hydrogens is 362 g/mol.